The number of benzene rings is 2. The van der Waals surface area contributed by atoms with Crippen LogP contribution in [0.5, 0.6) is 0 Å². The number of para-hydroxylation sites is 1. The number of aliphatic imine (C=N–C) groups is 1. The van der Waals surface area contributed by atoms with Gasteiger partial charge in [-0.05, 0) is 63.6 Å². The molecule has 2 aromatic rings. The Morgan fingerprint density at radius 1 is 1.14 bits per heavy atom. The number of amidine groups is 1. The Morgan fingerprint density at radius 2 is 1.86 bits per heavy atom. The fourth-order valence-electron chi connectivity index (χ4n) is 1.84. The Bertz CT molecular complexity index is 787. The van der Waals surface area contributed by atoms with Crippen molar-refractivity contribution in [3.63, 3.8) is 0 Å². The number of hydrogen-bond donors (Lipinski definition) is 1. The Labute approximate surface area is 139 Å². The van der Waals surface area contributed by atoms with E-state index in [4.69, 9.17) is 0 Å². The molecular weight excluding hydrogens is 367 g/mol. The van der Waals surface area contributed by atoms with Crippen LogP contribution in [0, 0.1) is 5.82 Å². The number of halogens is 2. The lowest BCUT2D eigenvalue weighted by atomic mass is 10.2. The van der Waals surface area contributed by atoms with E-state index in [1.165, 1.54) is 23.9 Å². The van der Waals surface area contributed by atoms with Crippen LogP contribution in [0.2, 0.25) is 0 Å². The first-order chi connectivity index (χ1) is 10.6. The number of carbonyl (C=O) groups excluding carboxylic acids is 1. The zero-order valence-corrected chi connectivity index (χ0v) is 13.6. The normalized spacial score (nSPS) is 18.0. The van der Waals surface area contributed by atoms with Gasteiger partial charge in [-0.1, -0.05) is 24.3 Å². The summed E-state index contributed by atoms with van der Waals surface area (Å²) in [7, 11) is 0. The molecular formula is C16H10BrFN2OS. The van der Waals surface area contributed by atoms with Gasteiger partial charge in [0.1, 0.15) is 5.82 Å². The van der Waals surface area contributed by atoms with Crippen LogP contribution in [0.15, 0.2) is 62.9 Å². The van der Waals surface area contributed by atoms with Gasteiger partial charge in [-0.25, -0.2) is 9.38 Å². The minimum absolute atomic E-state index is 0.208. The van der Waals surface area contributed by atoms with E-state index in [0.29, 0.717) is 10.1 Å². The van der Waals surface area contributed by atoms with Crippen molar-refractivity contribution in [2.24, 2.45) is 4.99 Å². The molecule has 0 aliphatic carbocycles. The van der Waals surface area contributed by atoms with Crippen molar-refractivity contribution in [3.8, 4) is 0 Å². The average Bonchev–Trinajstić information content (AvgIpc) is 2.84. The van der Waals surface area contributed by atoms with Crippen molar-refractivity contribution < 1.29 is 9.18 Å². The molecule has 0 aromatic heterocycles. The number of thioether (sulfide) groups is 1. The number of hydrogen-bond acceptors (Lipinski definition) is 3. The standard InChI is InChI=1S/C16H10BrFN2OS/c17-12-3-1-2-4-13(12)19-16-20-15(21)14(22-16)9-10-5-7-11(18)8-6-10/h1-9H,(H,19,20,21)/b14-9-. The minimum Gasteiger partial charge on any atom is -0.300 e. The van der Waals surface area contributed by atoms with Crippen molar-refractivity contribution >= 4 is 50.5 Å². The monoisotopic (exact) mass is 376 g/mol. The highest BCUT2D eigenvalue weighted by molar-refractivity contribution is 9.10. The van der Waals surface area contributed by atoms with Crippen LogP contribution in [0.25, 0.3) is 6.08 Å². The summed E-state index contributed by atoms with van der Waals surface area (Å²) in [6.45, 7) is 0. The second-order valence-corrected chi connectivity index (χ2v) is 6.37. The number of nitrogens with zero attached hydrogens (tertiary/aromatic N) is 1. The van der Waals surface area contributed by atoms with E-state index in [1.54, 1.807) is 18.2 Å². The minimum atomic E-state index is -0.304. The van der Waals surface area contributed by atoms with Gasteiger partial charge < -0.3 is 5.32 Å². The molecule has 0 atom stereocenters. The third kappa shape index (κ3) is 3.45. The lowest BCUT2D eigenvalue weighted by molar-refractivity contribution is -0.115. The molecule has 110 valence electrons. The van der Waals surface area contributed by atoms with Gasteiger partial charge in [0, 0.05) is 4.47 Å². The third-order valence-corrected chi connectivity index (χ3v) is 4.47. The van der Waals surface area contributed by atoms with Crippen LogP contribution in [-0.4, -0.2) is 11.1 Å². The van der Waals surface area contributed by atoms with Gasteiger partial charge in [0.05, 0.1) is 10.6 Å². The topological polar surface area (TPSA) is 41.5 Å². The average molecular weight is 377 g/mol. The molecule has 1 amide bonds. The van der Waals surface area contributed by atoms with Crippen molar-refractivity contribution in [1.82, 2.24) is 5.32 Å². The van der Waals surface area contributed by atoms with Gasteiger partial charge in [0.15, 0.2) is 5.17 Å². The molecule has 6 heteroatoms. The lowest BCUT2D eigenvalue weighted by Crippen LogP contribution is -2.19. The zero-order chi connectivity index (χ0) is 15.5. The lowest BCUT2D eigenvalue weighted by Gasteiger charge is -1.98. The molecule has 1 N–H and O–H groups in total. The molecule has 1 aliphatic rings. The summed E-state index contributed by atoms with van der Waals surface area (Å²) in [6.07, 6.45) is 1.71. The van der Waals surface area contributed by atoms with Crippen molar-refractivity contribution in [3.05, 3.63) is 69.3 Å². The smallest absolute Gasteiger partial charge is 0.264 e. The summed E-state index contributed by atoms with van der Waals surface area (Å²) in [5.41, 5.74) is 1.51. The maximum absolute atomic E-state index is 12.9. The molecule has 0 saturated carbocycles. The predicted molar refractivity (Wildman–Crippen MR) is 91.3 cm³/mol. The summed E-state index contributed by atoms with van der Waals surface area (Å²) < 4.78 is 13.7. The quantitative estimate of drug-likeness (QED) is 0.785. The summed E-state index contributed by atoms with van der Waals surface area (Å²) in [4.78, 5) is 16.9. The molecule has 2 aromatic carbocycles. The fourth-order valence-corrected chi connectivity index (χ4v) is 3.05. The van der Waals surface area contributed by atoms with E-state index in [9.17, 15) is 9.18 Å². The molecule has 0 spiro atoms. The largest absolute Gasteiger partial charge is 0.300 e. The van der Waals surface area contributed by atoms with E-state index in [2.05, 4.69) is 26.2 Å². The Kier molecular flexibility index (Phi) is 4.40. The van der Waals surface area contributed by atoms with Crippen LogP contribution in [0.4, 0.5) is 10.1 Å². The van der Waals surface area contributed by atoms with E-state index < -0.39 is 0 Å². The number of rotatable bonds is 2. The van der Waals surface area contributed by atoms with E-state index >= 15 is 0 Å². The van der Waals surface area contributed by atoms with Gasteiger partial charge in [-0.2, -0.15) is 0 Å². The Hall–Kier alpha value is -1.92. The molecule has 22 heavy (non-hydrogen) atoms. The van der Waals surface area contributed by atoms with Gasteiger partial charge in [0.25, 0.3) is 5.91 Å². The van der Waals surface area contributed by atoms with Crippen LogP contribution in [0.3, 0.4) is 0 Å². The molecule has 1 aliphatic heterocycles. The molecule has 3 rings (SSSR count). The molecule has 0 radical (unpaired) electrons. The van der Waals surface area contributed by atoms with E-state index in [0.717, 1.165) is 15.7 Å². The third-order valence-electron chi connectivity index (χ3n) is 2.89. The van der Waals surface area contributed by atoms with Crippen LogP contribution in [0.1, 0.15) is 5.56 Å². The summed E-state index contributed by atoms with van der Waals surface area (Å²) >= 11 is 4.67. The number of carbonyl (C=O) groups is 1. The predicted octanol–water partition coefficient (Wildman–Crippen LogP) is 4.48. The van der Waals surface area contributed by atoms with Crippen LogP contribution < -0.4 is 5.32 Å². The van der Waals surface area contributed by atoms with Crippen molar-refractivity contribution in [2.75, 3.05) is 0 Å². The van der Waals surface area contributed by atoms with Gasteiger partial charge >= 0.3 is 0 Å². The van der Waals surface area contributed by atoms with Gasteiger partial charge in [-0.15, -0.1) is 0 Å². The molecule has 1 heterocycles. The van der Waals surface area contributed by atoms with Gasteiger partial charge in [-0.3, -0.25) is 4.79 Å². The highest BCUT2D eigenvalue weighted by atomic mass is 79.9. The second-order valence-electron chi connectivity index (χ2n) is 4.48. The fraction of sp³-hybridized carbons (Fsp3) is 0. The molecule has 1 fully saturated rings. The second kappa shape index (κ2) is 6.46. The van der Waals surface area contributed by atoms with E-state index in [-0.39, 0.29) is 11.7 Å². The first kappa shape index (κ1) is 15.0. The number of nitrogens with one attached hydrogen (secondary N) is 1. The maximum Gasteiger partial charge on any atom is 0.264 e. The van der Waals surface area contributed by atoms with Crippen LogP contribution in [-0.2, 0) is 4.79 Å². The Balaban J connectivity index is 1.84. The van der Waals surface area contributed by atoms with Crippen LogP contribution >= 0.6 is 27.7 Å². The molecule has 0 bridgehead atoms. The van der Waals surface area contributed by atoms with Crippen molar-refractivity contribution in [2.45, 2.75) is 0 Å². The van der Waals surface area contributed by atoms with Crippen molar-refractivity contribution in [1.29, 1.82) is 0 Å². The summed E-state index contributed by atoms with van der Waals surface area (Å²) in [6, 6.07) is 13.5. The first-order valence-corrected chi connectivity index (χ1v) is 8.02. The first-order valence-electron chi connectivity index (χ1n) is 6.41. The molecule has 0 unspecified atom stereocenters. The summed E-state index contributed by atoms with van der Waals surface area (Å²) in [5, 5.41) is 3.24. The maximum atomic E-state index is 12.9. The Morgan fingerprint density at radius 3 is 2.59 bits per heavy atom. The highest BCUT2D eigenvalue weighted by Crippen LogP contribution is 2.30. The highest BCUT2D eigenvalue weighted by Gasteiger charge is 2.23. The molecule has 1 saturated heterocycles. The summed E-state index contributed by atoms with van der Waals surface area (Å²) in [5.74, 6) is -0.512. The number of amides is 1. The molecule has 3 nitrogen and oxygen atoms in total. The SMILES string of the molecule is O=C1NC(=Nc2ccccc2Br)S/C1=C\c1ccc(F)cc1. The van der Waals surface area contributed by atoms with E-state index in [1.807, 2.05) is 24.3 Å². The van der Waals surface area contributed by atoms with Gasteiger partial charge in [0.2, 0.25) is 0 Å². The zero-order valence-electron chi connectivity index (χ0n) is 11.2.